The fourth-order valence-corrected chi connectivity index (χ4v) is 5.49. The van der Waals surface area contributed by atoms with Crippen molar-refractivity contribution in [2.45, 2.75) is 64.2 Å². The van der Waals surface area contributed by atoms with E-state index in [0.717, 1.165) is 24.1 Å². The van der Waals surface area contributed by atoms with Crippen molar-refractivity contribution >= 4 is 5.97 Å². The topological polar surface area (TPSA) is 55.1 Å². The molecule has 160 valence electrons. The molecule has 2 aliphatic carbocycles. The summed E-state index contributed by atoms with van der Waals surface area (Å²) in [4.78, 5) is 11.2. The predicted octanol–water partition coefficient (Wildman–Crippen LogP) is 5.90. The van der Waals surface area contributed by atoms with E-state index >= 15 is 0 Å². The fraction of sp³-hybridized carbons (Fsp3) is 0.407. The van der Waals surface area contributed by atoms with Gasteiger partial charge in [0, 0.05) is 23.7 Å². The van der Waals surface area contributed by atoms with Gasteiger partial charge in [-0.05, 0) is 71.4 Å². The second-order valence-electron chi connectivity index (χ2n) is 10.5. The minimum atomic E-state index is -0.904. The van der Waals surface area contributed by atoms with Crippen LogP contribution in [0.4, 0.5) is 0 Å². The molecule has 0 amide bonds. The van der Waals surface area contributed by atoms with E-state index in [1.807, 2.05) is 23.9 Å². The molecule has 2 aromatic carbocycles. The summed E-state index contributed by atoms with van der Waals surface area (Å²) in [5, 5.41) is 14.1. The van der Waals surface area contributed by atoms with Crippen molar-refractivity contribution in [1.82, 2.24) is 9.78 Å². The van der Waals surface area contributed by atoms with Gasteiger partial charge in [0.1, 0.15) is 0 Å². The number of aromatic nitrogens is 2. The molecule has 3 aromatic rings. The van der Waals surface area contributed by atoms with Crippen LogP contribution in [0.25, 0.3) is 22.5 Å². The van der Waals surface area contributed by atoms with Gasteiger partial charge in [-0.25, -0.2) is 4.79 Å². The molecule has 5 rings (SSSR count). The number of carboxylic acids is 1. The van der Waals surface area contributed by atoms with Gasteiger partial charge in [0.05, 0.1) is 17.0 Å². The number of hydrogen-bond acceptors (Lipinski definition) is 2. The lowest BCUT2D eigenvalue weighted by atomic mass is 9.62. The average Bonchev–Trinajstić information content (AvgIpc) is 3.07. The third kappa shape index (κ3) is 3.03. The predicted molar refractivity (Wildman–Crippen MR) is 124 cm³/mol. The van der Waals surface area contributed by atoms with Gasteiger partial charge in [0.2, 0.25) is 0 Å². The van der Waals surface area contributed by atoms with Gasteiger partial charge in [-0.15, -0.1) is 0 Å². The molecule has 0 radical (unpaired) electrons. The Bertz CT molecular complexity index is 1210. The first-order valence-corrected chi connectivity index (χ1v) is 11.2. The van der Waals surface area contributed by atoms with Crippen LogP contribution in [0.2, 0.25) is 0 Å². The van der Waals surface area contributed by atoms with Gasteiger partial charge in [-0.1, -0.05) is 45.9 Å². The summed E-state index contributed by atoms with van der Waals surface area (Å²) in [6, 6.07) is 12.0. The summed E-state index contributed by atoms with van der Waals surface area (Å²) in [7, 11) is 2.03. The van der Waals surface area contributed by atoms with Crippen LogP contribution in [0, 0.1) is 0 Å². The summed E-state index contributed by atoms with van der Waals surface area (Å²) >= 11 is 0. The molecule has 1 aromatic heterocycles. The Kier molecular flexibility index (Phi) is 4.24. The highest BCUT2D eigenvalue weighted by molar-refractivity contribution is 5.88. The first-order valence-electron chi connectivity index (χ1n) is 11.2. The molecule has 0 unspecified atom stereocenters. The zero-order chi connectivity index (χ0) is 22.1. The Labute approximate surface area is 183 Å². The lowest BCUT2D eigenvalue weighted by Crippen LogP contribution is -2.34. The van der Waals surface area contributed by atoms with Crippen LogP contribution in [-0.4, -0.2) is 20.9 Å². The highest BCUT2D eigenvalue weighted by Gasteiger charge is 2.38. The molecule has 0 saturated carbocycles. The van der Waals surface area contributed by atoms with Crippen LogP contribution >= 0.6 is 0 Å². The molecule has 0 saturated heterocycles. The molecule has 0 fully saturated rings. The van der Waals surface area contributed by atoms with Crippen LogP contribution in [-0.2, 0) is 30.7 Å². The van der Waals surface area contributed by atoms with E-state index < -0.39 is 5.97 Å². The van der Waals surface area contributed by atoms with E-state index in [1.54, 1.807) is 12.1 Å². The summed E-state index contributed by atoms with van der Waals surface area (Å²) < 4.78 is 2.02. The first kappa shape index (κ1) is 20.0. The van der Waals surface area contributed by atoms with Gasteiger partial charge in [0.15, 0.2) is 0 Å². The molecular weight excluding hydrogens is 384 g/mol. The molecule has 0 spiro atoms. The van der Waals surface area contributed by atoms with Crippen LogP contribution < -0.4 is 0 Å². The standard InChI is InChI=1S/C27H30N2O2/c1-26(2)12-13-27(3,4)22-15-20-18(14-21(22)26)10-11-19-23(28-29(5)24(19)20)16-6-8-17(9-7-16)25(30)31/h6-9,14-15H,10-13H2,1-5H3,(H,30,31). The Balaban J connectivity index is 1.67. The maximum absolute atomic E-state index is 11.2. The zero-order valence-corrected chi connectivity index (χ0v) is 19.0. The van der Waals surface area contributed by atoms with E-state index in [2.05, 4.69) is 39.8 Å². The monoisotopic (exact) mass is 414 g/mol. The molecule has 1 N–H and O–H groups in total. The third-order valence-electron chi connectivity index (χ3n) is 7.53. The van der Waals surface area contributed by atoms with Gasteiger partial charge in [-0.2, -0.15) is 5.10 Å². The Hall–Kier alpha value is -2.88. The number of aromatic carboxylic acids is 1. The number of carbonyl (C=O) groups is 1. The Morgan fingerprint density at radius 3 is 2.19 bits per heavy atom. The molecule has 0 bridgehead atoms. The van der Waals surface area contributed by atoms with E-state index in [1.165, 1.54) is 46.4 Å². The zero-order valence-electron chi connectivity index (χ0n) is 19.0. The summed E-state index contributed by atoms with van der Waals surface area (Å²) in [6.07, 6.45) is 4.39. The highest BCUT2D eigenvalue weighted by Crippen LogP contribution is 2.49. The van der Waals surface area contributed by atoms with Crippen molar-refractivity contribution < 1.29 is 9.90 Å². The number of rotatable bonds is 2. The molecule has 2 aliphatic rings. The number of carboxylic acid groups (broad SMARTS) is 1. The molecular formula is C27H30N2O2. The first-order chi connectivity index (χ1) is 14.6. The quantitative estimate of drug-likeness (QED) is 0.568. The van der Waals surface area contributed by atoms with Crippen LogP contribution in [0.1, 0.15) is 73.1 Å². The van der Waals surface area contributed by atoms with Crippen molar-refractivity contribution in [3.05, 3.63) is 64.2 Å². The Morgan fingerprint density at radius 1 is 0.968 bits per heavy atom. The van der Waals surface area contributed by atoms with E-state index in [-0.39, 0.29) is 10.8 Å². The minimum Gasteiger partial charge on any atom is -0.478 e. The smallest absolute Gasteiger partial charge is 0.335 e. The Morgan fingerprint density at radius 2 is 1.58 bits per heavy atom. The average molecular weight is 415 g/mol. The van der Waals surface area contributed by atoms with Crippen LogP contribution in [0.3, 0.4) is 0 Å². The molecule has 4 nitrogen and oxygen atoms in total. The third-order valence-corrected chi connectivity index (χ3v) is 7.53. The van der Waals surface area contributed by atoms with Crippen molar-refractivity contribution in [2.75, 3.05) is 0 Å². The van der Waals surface area contributed by atoms with Gasteiger partial charge >= 0.3 is 5.97 Å². The SMILES string of the molecule is Cn1nc(-c2ccc(C(=O)O)cc2)c2c1-c1cc3c(cc1CC2)C(C)(C)CCC3(C)C. The van der Waals surface area contributed by atoms with E-state index in [9.17, 15) is 9.90 Å². The number of nitrogens with zero attached hydrogens (tertiary/aromatic N) is 2. The van der Waals surface area contributed by atoms with Crippen molar-refractivity contribution in [2.24, 2.45) is 7.05 Å². The molecule has 1 heterocycles. The number of fused-ring (bicyclic) bond motifs is 4. The normalized spacial score (nSPS) is 18.1. The summed E-state index contributed by atoms with van der Waals surface area (Å²) in [6.45, 7) is 9.50. The number of benzene rings is 2. The number of aryl methyl sites for hydroxylation is 2. The van der Waals surface area contributed by atoms with Crippen molar-refractivity contribution in [1.29, 1.82) is 0 Å². The molecule has 4 heteroatoms. The van der Waals surface area contributed by atoms with E-state index in [0.29, 0.717) is 5.56 Å². The molecule has 0 aliphatic heterocycles. The lowest BCUT2D eigenvalue weighted by molar-refractivity contribution is 0.0697. The second-order valence-corrected chi connectivity index (χ2v) is 10.5. The fourth-order valence-electron chi connectivity index (χ4n) is 5.49. The minimum absolute atomic E-state index is 0.172. The van der Waals surface area contributed by atoms with Crippen LogP contribution in [0.5, 0.6) is 0 Å². The van der Waals surface area contributed by atoms with Gasteiger partial charge < -0.3 is 5.11 Å². The van der Waals surface area contributed by atoms with Crippen LogP contribution in [0.15, 0.2) is 36.4 Å². The van der Waals surface area contributed by atoms with Crippen molar-refractivity contribution in [3.8, 4) is 22.5 Å². The van der Waals surface area contributed by atoms with Gasteiger partial charge in [0.25, 0.3) is 0 Å². The highest BCUT2D eigenvalue weighted by atomic mass is 16.4. The lowest BCUT2D eigenvalue weighted by Gasteiger charge is -2.43. The maximum atomic E-state index is 11.2. The summed E-state index contributed by atoms with van der Waals surface area (Å²) in [5.74, 6) is -0.904. The largest absolute Gasteiger partial charge is 0.478 e. The van der Waals surface area contributed by atoms with Gasteiger partial charge in [-0.3, -0.25) is 4.68 Å². The molecule has 31 heavy (non-hydrogen) atoms. The van der Waals surface area contributed by atoms with Crippen molar-refractivity contribution in [3.63, 3.8) is 0 Å². The maximum Gasteiger partial charge on any atom is 0.335 e. The second kappa shape index (κ2) is 6.56. The molecule has 0 atom stereocenters. The summed E-state index contributed by atoms with van der Waals surface area (Å²) in [5.41, 5.74) is 10.8. The number of hydrogen-bond donors (Lipinski definition) is 1. The van der Waals surface area contributed by atoms with E-state index in [4.69, 9.17) is 5.10 Å².